The lowest BCUT2D eigenvalue weighted by Crippen LogP contribution is -2.19. The van der Waals surface area contributed by atoms with E-state index >= 15 is 0 Å². The molecule has 5 rings (SSSR count). The molecule has 10 nitrogen and oxygen atoms in total. The number of pyridine rings is 1. The van der Waals surface area contributed by atoms with Crippen LogP contribution in [0.1, 0.15) is 10.4 Å². The van der Waals surface area contributed by atoms with Gasteiger partial charge in [-0.3, -0.25) is 9.78 Å². The fraction of sp³-hybridized carbons (Fsp3) is 0.0357. The predicted octanol–water partition coefficient (Wildman–Crippen LogP) is 6.36. The van der Waals surface area contributed by atoms with E-state index in [4.69, 9.17) is 20.9 Å². The minimum atomic E-state index is -0.422. The van der Waals surface area contributed by atoms with Gasteiger partial charge in [-0.2, -0.15) is 4.98 Å². The van der Waals surface area contributed by atoms with Crippen molar-refractivity contribution in [1.82, 2.24) is 15.1 Å². The van der Waals surface area contributed by atoms with Crippen molar-refractivity contribution in [2.45, 2.75) is 0 Å². The number of aromatic nitrogens is 3. The number of halogens is 1. The van der Waals surface area contributed by atoms with Crippen molar-refractivity contribution < 1.29 is 18.8 Å². The van der Waals surface area contributed by atoms with E-state index in [1.54, 1.807) is 92.2 Å². The molecule has 194 valence electrons. The number of nitrogens with one attached hydrogen (secondary N) is 3. The van der Waals surface area contributed by atoms with E-state index in [-0.39, 0.29) is 17.6 Å². The van der Waals surface area contributed by atoms with E-state index < -0.39 is 6.03 Å². The van der Waals surface area contributed by atoms with Crippen LogP contribution in [0.2, 0.25) is 5.02 Å². The summed E-state index contributed by atoms with van der Waals surface area (Å²) in [6, 6.07) is 21.9. The largest absolute Gasteiger partial charge is 0.497 e. The van der Waals surface area contributed by atoms with E-state index in [0.29, 0.717) is 44.5 Å². The molecule has 3 amide bonds. The number of carbonyl (C=O) groups is 2. The number of rotatable bonds is 7. The maximum Gasteiger partial charge on any atom is 0.323 e. The normalized spacial score (nSPS) is 10.5. The highest BCUT2D eigenvalue weighted by Gasteiger charge is 2.15. The standard InChI is InChI=1S/C28H21ClN6O4/c1-38-22-9-3-8-20(14-22)33-28(37)32-19-7-2-5-17(13-19)27-34-25(35-39-27)23-11-10-21(15-24(23)29)31-26(36)18-6-4-12-30-16-18/h2-16H,1H3,(H,31,36)(H2,32,33,37). The molecule has 3 N–H and O–H groups in total. The van der Waals surface area contributed by atoms with Crippen LogP contribution in [0.25, 0.3) is 22.8 Å². The summed E-state index contributed by atoms with van der Waals surface area (Å²) in [7, 11) is 1.56. The van der Waals surface area contributed by atoms with E-state index in [2.05, 4.69) is 31.1 Å². The summed E-state index contributed by atoms with van der Waals surface area (Å²) in [5.74, 6) is 0.840. The third kappa shape index (κ3) is 6.20. The molecule has 39 heavy (non-hydrogen) atoms. The third-order valence-corrected chi connectivity index (χ3v) is 5.83. The van der Waals surface area contributed by atoms with Crippen LogP contribution in [0.15, 0.2) is 95.8 Å². The first kappa shape index (κ1) is 25.4. The second-order valence-electron chi connectivity index (χ2n) is 8.21. The SMILES string of the molecule is COc1cccc(NC(=O)Nc2cccc(-c3nc(-c4ccc(NC(=O)c5cccnc5)cc4Cl)no3)c2)c1. The molecule has 2 aromatic heterocycles. The van der Waals surface area contributed by atoms with Crippen LogP contribution in [0.5, 0.6) is 5.75 Å². The number of urea groups is 1. The van der Waals surface area contributed by atoms with Gasteiger partial charge in [-0.1, -0.05) is 28.9 Å². The topological polar surface area (TPSA) is 131 Å². The van der Waals surface area contributed by atoms with Gasteiger partial charge in [0.2, 0.25) is 5.82 Å². The first-order chi connectivity index (χ1) is 19.0. The summed E-state index contributed by atoms with van der Waals surface area (Å²) in [4.78, 5) is 33.3. The Bertz CT molecular complexity index is 1640. The number of methoxy groups -OCH3 is 1. The molecule has 11 heteroatoms. The molecule has 0 saturated heterocycles. The average Bonchev–Trinajstić information content (AvgIpc) is 3.44. The first-order valence-electron chi connectivity index (χ1n) is 11.7. The van der Waals surface area contributed by atoms with Gasteiger partial charge in [0.1, 0.15) is 5.75 Å². The monoisotopic (exact) mass is 540 g/mol. The van der Waals surface area contributed by atoms with Crippen molar-refractivity contribution in [3.63, 3.8) is 0 Å². The van der Waals surface area contributed by atoms with Crippen LogP contribution in [0, 0.1) is 0 Å². The van der Waals surface area contributed by atoms with Crippen LogP contribution < -0.4 is 20.7 Å². The van der Waals surface area contributed by atoms with Crippen molar-refractivity contribution >= 4 is 40.6 Å². The van der Waals surface area contributed by atoms with Gasteiger partial charge in [-0.05, 0) is 60.7 Å². The molecule has 0 spiro atoms. The number of hydrogen-bond donors (Lipinski definition) is 3. The highest BCUT2D eigenvalue weighted by Crippen LogP contribution is 2.31. The molecule has 3 aromatic carbocycles. The zero-order chi connectivity index (χ0) is 27.2. The molecule has 0 radical (unpaired) electrons. The first-order valence-corrected chi connectivity index (χ1v) is 12.0. The second kappa shape index (κ2) is 11.4. The molecule has 5 aromatic rings. The molecule has 0 fully saturated rings. The lowest BCUT2D eigenvalue weighted by Gasteiger charge is -2.09. The maximum atomic E-state index is 12.5. The molecule has 0 atom stereocenters. The van der Waals surface area contributed by atoms with Gasteiger partial charge < -0.3 is 25.2 Å². The molecule has 0 saturated carbocycles. The van der Waals surface area contributed by atoms with Crippen molar-refractivity contribution in [2.24, 2.45) is 0 Å². The smallest absolute Gasteiger partial charge is 0.323 e. The Hall–Kier alpha value is -5.22. The summed E-state index contributed by atoms with van der Waals surface area (Å²) in [5, 5.41) is 12.7. The number of ether oxygens (including phenoxy) is 1. The number of benzene rings is 3. The molecule has 2 heterocycles. The molecule has 0 aliphatic carbocycles. The van der Waals surface area contributed by atoms with Crippen LogP contribution in [0.3, 0.4) is 0 Å². The highest BCUT2D eigenvalue weighted by atomic mass is 35.5. The van der Waals surface area contributed by atoms with Gasteiger partial charge in [0.15, 0.2) is 0 Å². The maximum absolute atomic E-state index is 12.5. The average molecular weight is 541 g/mol. The lowest BCUT2D eigenvalue weighted by molar-refractivity contribution is 0.102. The minimum absolute atomic E-state index is 0.242. The summed E-state index contributed by atoms with van der Waals surface area (Å²) in [5.41, 5.74) is 3.17. The molecule has 0 unspecified atom stereocenters. The fourth-order valence-corrected chi connectivity index (χ4v) is 3.91. The van der Waals surface area contributed by atoms with Gasteiger partial charge in [-0.25, -0.2) is 4.79 Å². The Morgan fingerprint density at radius 1 is 0.872 bits per heavy atom. The fourth-order valence-electron chi connectivity index (χ4n) is 3.65. The van der Waals surface area contributed by atoms with Crippen molar-refractivity contribution in [2.75, 3.05) is 23.1 Å². The molecular formula is C28H21ClN6O4. The van der Waals surface area contributed by atoms with E-state index in [9.17, 15) is 9.59 Å². The number of carbonyl (C=O) groups excluding carboxylic acids is 2. The summed E-state index contributed by atoms with van der Waals surface area (Å²) in [6.45, 7) is 0. The lowest BCUT2D eigenvalue weighted by atomic mass is 10.1. The van der Waals surface area contributed by atoms with E-state index in [1.165, 1.54) is 6.20 Å². The molecular weight excluding hydrogens is 520 g/mol. The molecule has 0 aliphatic rings. The Kier molecular flexibility index (Phi) is 7.46. The second-order valence-corrected chi connectivity index (χ2v) is 8.61. The quantitative estimate of drug-likeness (QED) is 0.219. The summed E-state index contributed by atoms with van der Waals surface area (Å²) in [6.07, 6.45) is 3.07. The Morgan fingerprint density at radius 3 is 2.38 bits per heavy atom. The third-order valence-electron chi connectivity index (χ3n) is 5.51. The van der Waals surface area contributed by atoms with Crippen LogP contribution in [-0.4, -0.2) is 34.2 Å². The highest BCUT2D eigenvalue weighted by molar-refractivity contribution is 6.33. The van der Waals surface area contributed by atoms with Gasteiger partial charge in [0.25, 0.3) is 11.8 Å². The Labute approximate surface area is 228 Å². The molecule has 0 bridgehead atoms. The Balaban J connectivity index is 1.27. The van der Waals surface area contributed by atoms with Crippen molar-refractivity contribution in [3.8, 4) is 28.6 Å². The number of hydrogen-bond acceptors (Lipinski definition) is 7. The van der Waals surface area contributed by atoms with Gasteiger partial charge >= 0.3 is 6.03 Å². The summed E-state index contributed by atoms with van der Waals surface area (Å²) < 4.78 is 10.6. The van der Waals surface area contributed by atoms with Gasteiger partial charge in [-0.15, -0.1) is 0 Å². The van der Waals surface area contributed by atoms with Crippen LogP contribution in [0.4, 0.5) is 21.9 Å². The van der Waals surface area contributed by atoms with Gasteiger partial charge in [0.05, 0.1) is 17.7 Å². The van der Waals surface area contributed by atoms with Crippen molar-refractivity contribution in [1.29, 1.82) is 0 Å². The van der Waals surface area contributed by atoms with E-state index in [0.717, 1.165) is 0 Å². The number of anilines is 3. The molecule has 0 aliphatic heterocycles. The summed E-state index contributed by atoms with van der Waals surface area (Å²) >= 11 is 6.47. The van der Waals surface area contributed by atoms with Crippen molar-refractivity contribution in [3.05, 3.63) is 102 Å². The van der Waals surface area contributed by atoms with Crippen LogP contribution >= 0.6 is 11.6 Å². The zero-order valence-electron chi connectivity index (χ0n) is 20.5. The number of amides is 3. The predicted molar refractivity (Wildman–Crippen MR) is 148 cm³/mol. The van der Waals surface area contributed by atoms with E-state index in [1.807, 2.05) is 0 Å². The van der Waals surface area contributed by atoms with Crippen LogP contribution in [-0.2, 0) is 0 Å². The Morgan fingerprint density at radius 2 is 1.64 bits per heavy atom. The van der Waals surface area contributed by atoms with Gasteiger partial charge in [0, 0.05) is 46.6 Å². The minimum Gasteiger partial charge on any atom is -0.497 e. The number of nitrogens with zero attached hydrogens (tertiary/aromatic N) is 3. The zero-order valence-corrected chi connectivity index (χ0v) is 21.3.